The molecule has 0 spiro atoms. The number of hydrogen-bond donors (Lipinski definition) is 0. The second-order valence-corrected chi connectivity index (χ2v) is 4.58. The lowest BCUT2D eigenvalue weighted by molar-refractivity contribution is -0.107. The number of benzene rings is 1. The predicted octanol–water partition coefficient (Wildman–Crippen LogP) is 2.38. The first-order chi connectivity index (χ1) is 9.35. The smallest absolute Gasteiger partial charge is 0.164 e. The molecule has 0 saturated carbocycles. The molecule has 1 aliphatic rings. The molecule has 2 rings (SSSR count). The number of aldehydes is 1. The van der Waals surface area contributed by atoms with Gasteiger partial charge in [-0.15, -0.1) is 0 Å². The third-order valence-electron chi connectivity index (χ3n) is 3.26. The van der Waals surface area contributed by atoms with Crippen molar-refractivity contribution in [2.45, 2.75) is 31.8 Å². The molecule has 4 heteroatoms. The van der Waals surface area contributed by atoms with Crippen LogP contribution in [0.15, 0.2) is 18.2 Å². The lowest BCUT2D eigenvalue weighted by Gasteiger charge is -2.25. The van der Waals surface area contributed by atoms with Crippen LogP contribution in [0.1, 0.15) is 24.8 Å². The van der Waals surface area contributed by atoms with Gasteiger partial charge in [0.2, 0.25) is 0 Å². The molecule has 0 N–H and O–H groups in total. The Morgan fingerprint density at radius 2 is 2.16 bits per heavy atom. The van der Waals surface area contributed by atoms with Crippen LogP contribution in [-0.2, 0) is 16.0 Å². The average molecular weight is 264 g/mol. The molecule has 1 heterocycles. The summed E-state index contributed by atoms with van der Waals surface area (Å²) in [6, 6.07) is 5.80. The molecule has 0 bridgehead atoms. The van der Waals surface area contributed by atoms with E-state index in [9.17, 15) is 4.79 Å². The van der Waals surface area contributed by atoms with E-state index in [1.807, 2.05) is 18.2 Å². The zero-order chi connectivity index (χ0) is 13.5. The van der Waals surface area contributed by atoms with Crippen molar-refractivity contribution in [1.29, 1.82) is 0 Å². The van der Waals surface area contributed by atoms with Gasteiger partial charge in [-0.2, -0.15) is 0 Å². The van der Waals surface area contributed by atoms with Gasteiger partial charge in [0.25, 0.3) is 0 Å². The van der Waals surface area contributed by atoms with Crippen LogP contribution < -0.4 is 9.47 Å². The fraction of sp³-hybridized carbons (Fsp3) is 0.533. The number of methoxy groups -OCH3 is 1. The Kier molecular flexibility index (Phi) is 5.21. The zero-order valence-electron chi connectivity index (χ0n) is 11.3. The molecule has 0 amide bonds. The molecule has 104 valence electrons. The summed E-state index contributed by atoms with van der Waals surface area (Å²) in [7, 11) is 1.63. The van der Waals surface area contributed by atoms with Crippen molar-refractivity contribution in [2.75, 3.05) is 20.3 Å². The van der Waals surface area contributed by atoms with Gasteiger partial charge in [-0.3, -0.25) is 0 Å². The van der Waals surface area contributed by atoms with Crippen LogP contribution in [0.25, 0.3) is 0 Å². The van der Waals surface area contributed by atoms with E-state index < -0.39 is 0 Å². The van der Waals surface area contributed by atoms with E-state index in [-0.39, 0.29) is 6.10 Å². The molecule has 0 atom stereocenters. The number of para-hydroxylation sites is 1. The maximum absolute atomic E-state index is 10.5. The molecular weight excluding hydrogens is 244 g/mol. The Morgan fingerprint density at radius 1 is 1.37 bits per heavy atom. The van der Waals surface area contributed by atoms with Gasteiger partial charge in [0.1, 0.15) is 12.4 Å². The minimum Gasteiger partial charge on any atom is -0.493 e. The summed E-state index contributed by atoms with van der Waals surface area (Å²) in [5, 5.41) is 0. The Hall–Kier alpha value is -1.55. The first kappa shape index (κ1) is 13.9. The van der Waals surface area contributed by atoms with E-state index in [0.717, 1.165) is 49.4 Å². The molecule has 0 unspecified atom stereocenters. The van der Waals surface area contributed by atoms with Crippen molar-refractivity contribution in [3.05, 3.63) is 23.8 Å². The van der Waals surface area contributed by atoms with E-state index in [0.29, 0.717) is 12.8 Å². The van der Waals surface area contributed by atoms with Crippen molar-refractivity contribution >= 4 is 6.29 Å². The highest BCUT2D eigenvalue weighted by molar-refractivity contribution is 5.53. The quantitative estimate of drug-likeness (QED) is 0.740. The summed E-state index contributed by atoms with van der Waals surface area (Å²) < 4.78 is 16.8. The normalized spacial score (nSPS) is 16.1. The van der Waals surface area contributed by atoms with Gasteiger partial charge < -0.3 is 19.0 Å². The van der Waals surface area contributed by atoms with E-state index >= 15 is 0 Å². The highest BCUT2D eigenvalue weighted by Crippen LogP contribution is 2.33. The predicted molar refractivity (Wildman–Crippen MR) is 71.8 cm³/mol. The lowest BCUT2D eigenvalue weighted by Crippen LogP contribution is -2.26. The Morgan fingerprint density at radius 3 is 2.84 bits per heavy atom. The molecule has 1 aromatic carbocycles. The molecule has 1 aromatic rings. The molecule has 0 radical (unpaired) electrons. The first-order valence-corrected chi connectivity index (χ1v) is 6.69. The van der Waals surface area contributed by atoms with Crippen LogP contribution in [0.5, 0.6) is 11.5 Å². The fourth-order valence-electron chi connectivity index (χ4n) is 2.23. The minimum absolute atomic E-state index is 0.167. The standard InChI is InChI=1S/C15H20O4/c1-17-14-6-2-4-12(5-3-9-16)15(14)19-13-7-10-18-11-8-13/h2,4,6,9,13H,3,5,7-8,10-11H2,1H3. The van der Waals surface area contributed by atoms with Crippen molar-refractivity contribution in [3.63, 3.8) is 0 Å². The molecule has 1 saturated heterocycles. The number of aryl methyl sites for hydroxylation is 1. The van der Waals surface area contributed by atoms with Crippen LogP contribution in [-0.4, -0.2) is 32.7 Å². The molecule has 1 fully saturated rings. The third-order valence-corrected chi connectivity index (χ3v) is 3.26. The van der Waals surface area contributed by atoms with E-state index in [2.05, 4.69) is 0 Å². The van der Waals surface area contributed by atoms with Crippen LogP contribution >= 0.6 is 0 Å². The topological polar surface area (TPSA) is 44.8 Å². The SMILES string of the molecule is COc1cccc(CCC=O)c1OC1CCOCC1. The van der Waals surface area contributed by atoms with Gasteiger partial charge in [0.05, 0.1) is 20.3 Å². The summed E-state index contributed by atoms with van der Waals surface area (Å²) in [5.74, 6) is 1.51. The summed E-state index contributed by atoms with van der Waals surface area (Å²) in [6.07, 6.45) is 4.06. The van der Waals surface area contributed by atoms with Crippen molar-refractivity contribution in [2.24, 2.45) is 0 Å². The van der Waals surface area contributed by atoms with Gasteiger partial charge in [-0.1, -0.05) is 12.1 Å². The van der Waals surface area contributed by atoms with Gasteiger partial charge in [0.15, 0.2) is 11.5 Å². The van der Waals surface area contributed by atoms with Crippen molar-refractivity contribution in [3.8, 4) is 11.5 Å². The third kappa shape index (κ3) is 3.70. The Bertz CT molecular complexity index is 411. The zero-order valence-corrected chi connectivity index (χ0v) is 11.3. The van der Waals surface area contributed by atoms with Crippen molar-refractivity contribution in [1.82, 2.24) is 0 Å². The second-order valence-electron chi connectivity index (χ2n) is 4.58. The number of hydrogen-bond acceptors (Lipinski definition) is 4. The highest BCUT2D eigenvalue weighted by Gasteiger charge is 2.19. The van der Waals surface area contributed by atoms with Gasteiger partial charge in [0, 0.05) is 19.3 Å². The monoisotopic (exact) mass is 264 g/mol. The molecular formula is C15H20O4. The molecule has 0 aliphatic carbocycles. The largest absolute Gasteiger partial charge is 0.493 e. The molecule has 1 aliphatic heterocycles. The van der Waals surface area contributed by atoms with Crippen LogP contribution in [0.4, 0.5) is 0 Å². The maximum atomic E-state index is 10.5. The number of carbonyl (C=O) groups excluding carboxylic acids is 1. The van der Waals surface area contributed by atoms with Gasteiger partial charge in [-0.25, -0.2) is 0 Å². The molecule has 4 nitrogen and oxygen atoms in total. The summed E-state index contributed by atoms with van der Waals surface area (Å²) in [5.41, 5.74) is 1.03. The van der Waals surface area contributed by atoms with E-state index in [1.165, 1.54) is 0 Å². The second kappa shape index (κ2) is 7.14. The highest BCUT2D eigenvalue weighted by atomic mass is 16.5. The van der Waals surface area contributed by atoms with Crippen molar-refractivity contribution < 1.29 is 19.0 Å². The molecule has 19 heavy (non-hydrogen) atoms. The Labute approximate surface area is 113 Å². The molecule has 0 aromatic heterocycles. The van der Waals surface area contributed by atoms with E-state index in [4.69, 9.17) is 14.2 Å². The number of carbonyl (C=O) groups is 1. The van der Waals surface area contributed by atoms with Gasteiger partial charge in [-0.05, 0) is 18.1 Å². The Balaban J connectivity index is 2.16. The first-order valence-electron chi connectivity index (χ1n) is 6.69. The summed E-state index contributed by atoms with van der Waals surface area (Å²) in [6.45, 7) is 1.48. The number of rotatable bonds is 6. The van der Waals surface area contributed by atoms with Crippen LogP contribution in [0, 0.1) is 0 Å². The van der Waals surface area contributed by atoms with Crippen LogP contribution in [0.2, 0.25) is 0 Å². The average Bonchev–Trinajstić information content (AvgIpc) is 2.47. The van der Waals surface area contributed by atoms with E-state index in [1.54, 1.807) is 7.11 Å². The maximum Gasteiger partial charge on any atom is 0.164 e. The fourth-order valence-corrected chi connectivity index (χ4v) is 2.23. The van der Waals surface area contributed by atoms with Gasteiger partial charge >= 0.3 is 0 Å². The summed E-state index contributed by atoms with van der Waals surface area (Å²) >= 11 is 0. The summed E-state index contributed by atoms with van der Waals surface area (Å²) in [4.78, 5) is 10.5. The minimum atomic E-state index is 0.167. The lowest BCUT2D eigenvalue weighted by atomic mass is 10.1. The number of ether oxygens (including phenoxy) is 3. The van der Waals surface area contributed by atoms with Crippen LogP contribution in [0.3, 0.4) is 0 Å².